The molecule has 0 atom stereocenters. The standard InChI is InChI=1S/C31H22N8/c1-2-17-37(16-1)26-11-3-8-23(20-26)29-34-30(24-9-4-12-27(21-24)38-18-6-14-32-38)36-31(35-29)25-10-5-13-28(22-25)39-19-7-15-33-39/h1-22H. The number of rotatable bonds is 6. The van der Waals surface area contributed by atoms with Crippen LogP contribution in [-0.4, -0.2) is 39.1 Å². The van der Waals surface area contributed by atoms with Gasteiger partial charge in [0, 0.05) is 59.6 Å². The predicted molar refractivity (Wildman–Crippen MR) is 150 cm³/mol. The smallest absolute Gasteiger partial charge is 0.164 e. The molecule has 0 unspecified atom stereocenters. The predicted octanol–water partition coefficient (Wildman–Crippen LogP) is 6.03. The average molecular weight is 507 g/mol. The van der Waals surface area contributed by atoms with Crippen molar-refractivity contribution < 1.29 is 0 Å². The molecule has 186 valence electrons. The lowest BCUT2D eigenvalue weighted by atomic mass is 10.1. The Morgan fingerprint density at radius 3 is 1.28 bits per heavy atom. The molecule has 0 saturated heterocycles. The maximum atomic E-state index is 4.94. The lowest BCUT2D eigenvalue weighted by Gasteiger charge is -2.11. The molecule has 3 aromatic carbocycles. The molecule has 0 saturated carbocycles. The molecule has 7 rings (SSSR count). The van der Waals surface area contributed by atoms with E-state index in [0.717, 1.165) is 33.8 Å². The molecule has 0 N–H and O–H groups in total. The van der Waals surface area contributed by atoms with Crippen LogP contribution in [0.3, 0.4) is 0 Å². The van der Waals surface area contributed by atoms with Crippen LogP contribution in [0.5, 0.6) is 0 Å². The van der Waals surface area contributed by atoms with E-state index in [1.165, 1.54) is 0 Å². The van der Waals surface area contributed by atoms with Crippen LogP contribution in [-0.2, 0) is 0 Å². The van der Waals surface area contributed by atoms with Crippen molar-refractivity contribution in [3.05, 3.63) is 134 Å². The van der Waals surface area contributed by atoms with Gasteiger partial charge >= 0.3 is 0 Å². The minimum Gasteiger partial charge on any atom is -0.324 e. The highest BCUT2D eigenvalue weighted by molar-refractivity contribution is 5.69. The van der Waals surface area contributed by atoms with E-state index >= 15 is 0 Å². The Labute approximate surface area is 224 Å². The molecule has 0 spiro atoms. The number of nitrogens with zero attached hydrogens (tertiary/aromatic N) is 8. The van der Waals surface area contributed by atoms with E-state index in [0.29, 0.717) is 17.5 Å². The van der Waals surface area contributed by atoms with Gasteiger partial charge in [0.15, 0.2) is 17.5 Å². The minimum atomic E-state index is 0.583. The summed E-state index contributed by atoms with van der Waals surface area (Å²) < 4.78 is 5.70. The molecule has 4 aromatic heterocycles. The van der Waals surface area contributed by atoms with Gasteiger partial charge in [0.2, 0.25) is 0 Å². The fourth-order valence-corrected chi connectivity index (χ4v) is 4.49. The van der Waals surface area contributed by atoms with Crippen LogP contribution in [0.4, 0.5) is 0 Å². The van der Waals surface area contributed by atoms with E-state index in [4.69, 9.17) is 15.0 Å². The second-order valence-electron chi connectivity index (χ2n) is 8.95. The Balaban J connectivity index is 1.39. The molecule has 0 amide bonds. The van der Waals surface area contributed by atoms with Crippen molar-refractivity contribution in [2.75, 3.05) is 0 Å². The Bertz CT molecular complexity index is 1620. The highest BCUT2D eigenvalue weighted by Crippen LogP contribution is 2.27. The van der Waals surface area contributed by atoms with E-state index in [9.17, 15) is 0 Å². The third-order valence-corrected chi connectivity index (χ3v) is 6.39. The van der Waals surface area contributed by atoms with Crippen LogP contribution in [0.1, 0.15) is 0 Å². The SMILES string of the molecule is c1cc(-c2nc(-c3cccc(-n4cccn4)c3)nc(-c3cccc(-n4cccn4)c3)n2)cc(-n2cccc2)c1. The number of benzene rings is 3. The molecule has 0 radical (unpaired) electrons. The highest BCUT2D eigenvalue weighted by Gasteiger charge is 2.14. The molecule has 8 nitrogen and oxygen atoms in total. The van der Waals surface area contributed by atoms with Gasteiger partial charge in [-0.1, -0.05) is 36.4 Å². The van der Waals surface area contributed by atoms with Crippen molar-refractivity contribution in [2.45, 2.75) is 0 Å². The third kappa shape index (κ3) is 4.51. The normalized spacial score (nSPS) is 11.1. The average Bonchev–Trinajstić information content (AvgIpc) is 3.81. The molecule has 7 aromatic rings. The monoisotopic (exact) mass is 506 g/mol. The Kier molecular flexibility index (Phi) is 5.60. The van der Waals surface area contributed by atoms with E-state index in [-0.39, 0.29) is 0 Å². The zero-order chi connectivity index (χ0) is 26.0. The summed E-state index contributed by atoms with van der Waals surface area (Å²) in [5.74, 6) is 1.76. The van der Waals surface area contributed by atoms with E-state index in [1.54, 1.807) is 12.4 Å². The summed E-state index contributed by atoms with van der Waals surface area (Å²) in [6.07, 6.45) is 11.4. The summed E-state index contributed by atoms with van der Waals surface area (Å²) in [5.41, 5.74) is 5.53. The molecule has 0 fully saturated rings. The summed E-state index contributed by atoms with van der Waals surface area (Å²) in [5, 5.41) is 8.75. The summed E-state index contributed by atoms with van der Waals surface area (Å²) in [6.45, 7) is 0. The largest absolute Gasteiger partial charge is 0.324 e. The van der Waals surface area contributed by atoms with Gasteiger partial charge in [-0.25, -0.2) is 24.3 Å². The molecule has 39 heavy (non-hydrogen) atoms. The van der Waals surface area contributed by atoms with Crippen LogP contribution >= 0.6 is 0 Å². The molecule has 0 aliphatic rings. The van der Waals surface area contributed by atoms with Crippen molar-refractivity contribution in [3.8, 4) is 51.2 Å². The lowest BCUT2D eigenvalue weighted by Crippen LogP contribution is -2.02. The van der Waals surface area contributed by atoms with Gasteiger partial charge in [-0.3, -0.25) is 0 Å². The number of aromatic nitrogens is 8. The Morgan fingerprint density at radius 2 is 0.846 bits per heavy atom. The van der Waals surface area contributed by atoms with Crippen molar-refractivity contribution in [3.63, 3.8) is 0 Å². The van der Waals surface area contributed by atoms with Crippen LogP contribution in [0, 0.1) is 0 Å². The molecule has 0 aliphatic heterocycles. The Hall–Kier alpha value is -5.63. The lowest BCUT2D eigenvalue weighted by molar-refractivity contribution is 0.880. The third-order valence-electron chi connectivity index (χ3n) is 6.39. The first-order chi connectivity index (χ1) is 19.3. The first kappa shape index (κ1) is 22.6. The number of hydrogen-bond donors (Lipinski definition) is 0. The van der Waals surface area contributed by atoms with Gasteiger partial charge in [-0.2, -0.15) is 10.2 Å². The van der Waals surface area contributed by atoms with Crippen LogP contribution < -0.4 is 0 Å². The van der Waals surface area contributed by atoms with E-state index in [1.807, 2.05) is 119 Å². The van der Waals surface area contributed by atoms with Crippen LogP contribution in [0.25, 0.3) is 51.2 Å². The topological polar surface area (TPSA) is 79.2 Å². The molecule has 0 aliphatic carbocycles. The van der Waals surface area contributed by atoms with Crippen molar-refractivity contribution in [2.24, 2.45) is 0 Å². The molecule has 8 heteroatoms. The van der Waals surface area contributed by atoms with Crippen molar-refractivity contribution >= 4 is 0 Å². The minimum absolute atomic E-state index is 0.583. The molecular formula is C31H22N8. The van der Waals surface area contributed by atoms with Gasteiger partial charge in [0.25, 0.3) is 0 Å². The van der Waals surface area contributed by atoms with Gasteiger partial charge in [-0.05, 0) is 60.7 Å². The van der Waals surface area contributed by atoms with Gasteiger partial charge in [0.05, 0.1) is 11.4 Å². The second kappa shape index (κ2) is 9.68. The maximum Gasteiger partial charge on any atom is 0.164 e. The second-order valence-corrected chi connectivity index (χ2v) is 8.95. The summed E-state index contributed by atoms with van der Waals surface area (Å²) in [4.78, 5) is 14.8. The van der Waals surface area contributed by atoms with E-state index in [2.05, 4.69) is 26.9 Å². The zero-order valence-electron chi connectivity index (χ0n) is 20.8. The van der Waals surface area contributed by atoms with Crippen LogP contribution in [0.15, 0.2) is 134 Å². The summed E-state index contributed by atoms with van der Waals surface area (Å²) in [7, 11) is 0. The van der Waals surface area contributed by atoms with Crippen LogP contribution in [0.2, 0.25) is 0 Å². The number of hydrogen-bond acceptors (Lipinski definition) is 5. The maximum absolute atomic E-state index is 4.94. The van der Waals surface area contributed by atoms with Crippen molar-refractivity contribution in [1.82, 2.24) is 39.1 Å². The van der Waals surface area contributed by atoms with Crippen molar-refractivity contribution in [1.29, 1.82) is 0 Å². The summed E-state index contributed by atoms with van der Waals surface area (Å²) in [6, 6.07) is 32.1. The van der Waals surface area contributed by atoms with Gasteiger partial charge in [0.1, 0.15) is 0 Å². The molecular weight excluding hydrogens is 484 g/mol. The molecule has 0 bridgehead atoms. The zero-order valence-corrected chi connectivity index (χ0v) is 20.8. The first-order valence-electron chi connectivity index (χ1n) is 12.5. The quantitative estimate of drug-likeness (QED) is 0.275. The Morgan fingerprint density at radius 1 is 0.410 bits per heavy atom. The molecule has 4 heterocycles. The summed E-state index contributed by atoms with van der Waals surface area (Å²) >= 11 is 0. The highest BCUT2D eigenvalue weighted by atomic mass is 15.3. The van der Waals surface area contributed by atoms with E-state index < -0.39 is 0 Å². The first-order valence-corrected chi connectivity index (χ1v) is 12.5. The van der Waals surface area contributed by atoms with Gasteiger partial charge in [-0.15, -0.1) is 0 Å². The fraction of sp³-hybridized carbons (Fsp3) is 0. The fourth-order valence-electron chi connectivity index (χ4n) is 4.49. The van der Waals surface area contributed by atoms with Gasteiger partial charge < -0.3 is 4.57 Å².